The van der Waals surface area contributed by atoms with Crippen LogP contribution in [0.25, 0.3) is 0 Å². The molecular weight excluding hydrogens is 196 g/mol. The third-order valence-electron chi connectivity index (χ3n) is 2.54. The molecule has 1 heterocycles. The van der Waals surface area contributed by atoms with Gasteiger partial charge in [-0.1, -0.05) is 31.5 Å². The number of rotatable bonds is 4. The summed E-state index contributed by atoms with van der Waals surface area (Å²) in [6, 6.07) is 0. The SMILES string of the molecule is CC(C)CN1CCN(C/C=C/Cl)CC1. The van der Waals surface area contributed by atoms with E-state index >= 15 is 0 Å². The summed E-state index contributed by atoms with van der Waals surface area (Å²) in [7, 11) is 0. The van der Waals surface area contributed by atoms with Crippen LogP contribution in [0.5, 0.6) is 0 Å². The van der Waals surface area contributed by atoms with E-state index in [4.69, 9.17) is 11.6 Å². The Kier molecular flexibility index (Phi) is 5.53. The van der Waals surface area contributed by atoms with E-state index in [-0.39, 0.29) is 0 Å². The van der Waals surface area contributed by atoms with Gasteiger partial charge in [-0.15, -0.1) is 0 Å². The zero-order valence-electron chi connectivity index (χ0n) is 9.25. The van der Waals surface area contributed by atoms with Gasteiger partial charge in [0, 0.05) is 44.8 Å². The summed E-state index contributed by atoms with van der Waals surface area (Å²) >= 11 is 5.50. The zero-order valence-corrected chi connectivity index (χ0v) is 10.0. The first-order chi connectivity index (χ1) is 6.72. The van der Waals surface area contributed by atoms with Crippen molar-refractivity contribution in [2.75, 3.05) is 39.3 Å². The second-order valence-corrected chi connectivity index (χ2v) is 4.61. The summed E-state index contributed by atoms with van der Waals surface area (Å²) in [4.78, 5) is 4.99. The van der Waals surface area contributed by atoms with Crippen LogP contribution in [0.15, 0.2) is 11.6 Å². The van der Waals surface area contributed by atoms with Crippen molar-refractivity contribution < 1.29 is 0 Å². The predicted octanol–water partition coefficient (Wildman–Crippen LogP) is 2.01. The van der Waals surface area contributed by atoms with E-state index in [1.807, 2.05) is 6.08 Å². The first-order valence-electron chi connectivity index (χ1n) is 5.42. The first-order valence-corrected chi connectivity index (χ1v) is 5.86. The molecule has 1 fully saturated rings. The number of hydrogen-bond donors (Lipinski definition) is 0. The monoisotopic (exact) mass is 216 g/mol. The molecule has 3 heteroatoms. The molecule has 1 aliphatic rings. The van der Waals surface area contributed by atoms with Crippen LogP contribution in [-0.4, -0.2) is 49.1 Å². The van der Waals surface area contributed by atoms with Crippen LogP contribution in [0, 0.1) is 5.92 Å². The van der Waals surface area contributed by atoms with Crippen molar-refractivity contribution >= 4 is 11.6 Å². The Bertz CT molecular complexity index is 172. The van der Waals surface area contributed by atoms with E-state index in [9.17, 15) is 0 Å². The van der Waals surface area contributed by atoms with Crippen molar-refractivity contribution in [3.8, 4) is 0 Å². The summed E-state index contributed by atoms with van der Waals surface area (Å²) in [5, 5.41) is 0. The zero-order chi connectivity index (χ0) is 10.4. The lowest BCUT2D eigenvalue weighted by Gasteiger charge is -2.34. The van der Waals surface area contributed by atoms with Crippen molar-refractivity contribution in [3.05, 3.63) is 11.6 Å². The maximum atomic E-state index is 5.50. The summed E-state index contributed by atoms with van der Waals surface area (Å²) in [6.45, 7) is 11.5. The molecule has 2 nitrogen and oxygen atoms in total. The minimum absolute atomic E-state index is 0.782. The fourth-order valence-corrected chi connectivity index (χ4v) is 1.94. The summed E-state index contributed by atoms with van der Waals surface area (Å²) in [6.07, 6.45) is 2.01. The van der Waals surface area contributed by atoms with Gasteiger partial charge in [-0.3, -0.25) is 4.90 Å². The van der Waals surface area contributed by atoms with Crippen LogP contribution in [0.4, 0.5) is 0 Å². The molecule has 1 aliphatic heterocycles. The lowest BCUT2D eigenvalue weighted by atomic mass is 10.2. The molecule has 0 saturated carbocycles. The highest BCUT2D eigenvalue weighted by Crippen LogP contribution is 2.05. The minimum Gasteiger partial charge on any atom is -0.301 e. The number of halogens is 1. The van der Waals surface area contributed by atoms with Crippen LogP contribution in [0.3, 0.4) is 0 Å². The van der Waals surface area contributed by atoms with Crippen LogP contribution in [-0.2, 0) is 0 Å². The van der Waals surface area contributed by atoms with E-state index < -0.39 is 0 Å². The van der Waals surface area contributed by atoms with E-state index in [0.717, 1.165) is 12.5 Å². The van der Waals surface area contributed by atoms with E-state index in [1.54, 1.807) is 5.54 Å². The van der Waals surface area contributed by atoms with E-state index in [1.165, 1.54) is 32.7 Å². The van der Waals surface area contributed by atoms with Crippen LogP contribution < -0.4 is 0 Å². The Morgan fingerprint density at radius 1 is 1.14 bits per heavy atom. The van der Waals surface area contributed by atoms with Crippen molar-refractivity contribution in [1.29, 1.82) is 0 Å². The highest BCUT2D eigenvalue weighted by atomic mass is 35.5. The average molecular weight is 217 g/mol. The number of piperazine rings is 1. The molecule has 0 amide bonds. The van der Waals surface area contributed by atoms with Crippen LogP contribution in [0.1, 0.15) is 13.8 Å². The van der Waals surface area contributed by atoms with Gasteiger partial charge in [0.15, 0.2) is 0 Å². The Labute approximate surface area is 92.5 Å². The minimum atomic E-state index is 0.782. The standard InChI is InChI=1S/C11H21ClN2/c1-11(2)10-14-8-6-13(7-9-14)5-3-4-12/h3-4,11H,5-10H2,1-2H3/b4-3+. The molecule has 0 aromatic heterocycles. The molecule has 0 atom stereocenters. The van der Waals surface area contributed by atoms with Gasteiger partial charge in [0.2, 0.25) is 0 Å². The van der Waals surface area contributed by atoms with Crippen molar-refractivity contribution in [2.24, 2.45) is 5.92 Å². The van der Waals surface area contributed by atoms with Gasteiger partial charge in [-0.2, -0.15) is 0 Å². The first kappa shape index (κ1) is 12.0. The fraction of sp³-hybridized carbons (Fsp3) is 0.818. The smallest absolute Gasteiger partial charge is 0.0175 e. The molecule has 1 rings (SSSR count). The van der Waals surface area contributed by atoms with Gasteiger partial charge < -0.3 is 4.90 Å². The topological polar surface area (TPSA) is 6.48 Å². The average Bonchev–Trinajstić information content (AvgIpc) is 2.16. The quantitative estimate of drug-likeness (QED) is 0.710. The Morgan fingerprint density at radius 3 is 2.21 bits per heavy atom. The molecule has 0 aliphatic carbocycles. The van der Waals surface area contributed by atoms with Gasteiger partial charge in [0.25, 0.3) is 0 Å². The van der Waals surface area contributed by atoms with Gasteiger partial charge >= 0.3 is 0 Å². The second-order valence-electron chi connectivity index (χ2n) is 4.36. The highest BCUT2D eigenvalue weighted by Gasteiger charge is 2.15. The van der Waals surface area contributed by atoms with Crippen LogP contribution in [0.2, 0.25) is 0 Å². The fourth-order valence-electron chi connectivity index (χ4n) is 1.86. The highest BCUT2D eigenvalue weighted by molar-refractivity contribution is 6.25. The van der Waals surface area contributed by atoms with Crippen molar-refractivity contribution in [1.82, 2.24) is 9.80 Å². The Hall–Kier alpha value is -0.0500. The van der Waals surface area contributed by atoms with Crippen molar-refractivity contribution in [2.45, 2.75) is 13.8 Å². The third kappa shape index (κ3) is 4.45. The van der Waals surface area contributed by atoms with E-state index in [2.05, 4.69) is 23.6 Å². The molecule has 1 saturated heterocycles. The summed E-state index contributed by atoms with van der Waals surface area (Å²) < 4.78 is 0. The molecule has 0 bridgehead atoms. The largest absolute Gasteiger partial charge is 0.301 e. The summed E-state index contributed by atoms with van der Waals surface area (Å²) in [5.41, 5.74) is 1.61. The molecule has 0 unspecified atom stereocenters. The van der Waals surface area contributed by atoms with Gasteiger partial charge in [-0.25, -0.2) is 0 Å². The maximum absolute atomic E-state index is 5.50. The Balaban J connectivity index is 2.17. The van der Waals surface area contributed by atoms with Gasteiger partial charge in [-0.05, 0) is 5.92 Å². The molecule has 0 spiro atoms. The molecule has 0 aromatic carbocycles. The van der Waals surface area contributed by atoms with E-state index in [0.29, 0.717) is 0 Å². The summed E-state index contributed by atoms with van der Waals surface area (Å²) in [5.74, 6) is 0.782. The maximum Gasteiger partial charge on any atom is 0.0175 e. The molecule has 0 aromatic rings. The normalized spacial score (nSPS) is 21.1. The molecule has 0 N–H and O–H groups in total. The number of hydrogen-bond acceptors (Lipinski definition) is 2. The van der Waals surface area contributed by atoms with Gasteiger partial charge in [0.1, 0.15) is 0 Å². The number of nitrogens with zero attached hydrogens (tertiary/aromatic N) is 2. The molecule has 0 radical (unpaired) electrons. The lowest BCUT2D eigenvalue weighted by Crippen LogP contribution is -2.47. The molecule has 82 valence electrons. The third-order valence-corrected chi connectivity index (χ3v) is 2.72. The van der Waals surface area contributed by atoms with Gasteiger partial charge in [0.05, 0.1) is 0 Å². The molecular formula is C11H21ClN2. The molecule has 14 heavy (non-hydrogen) atoms. The van der Waals surface area contributed by atoms with Crippen molar-refractivity contribution in [3.63, 3.8) is 0 Å². The second kappa shape index (κ2) is 6.44. The lowest BCUT2D eigenvalue weighted by molar-refractivity contribution is 0.131. The predicted molar refractivity (Wildman–Crippen MR) is 62.7 cm³/mol. The van der Waals surface area contributed by atoms with Crippen LogP contribution >= 0.6 is 11.6 Å². The Morgan fingerprint density at radius 2 is 1.71 bits per heavy atom.